The van der Waals surface area contributed by atoms with Crippen molar-refractivity contribution in [2.75, 3.05) is 12.0 Å². The van der Waals surface area contributed by atoms with E-state index < -0.39 is 22.7 Å². The highest BCUT2D eigenvalue weighted by Crippen LogP contribution is 2.44. The average Bonchev–Trinajstić information content (AvgIpc) is 2.91. The van der Waals surface area contributed by atoms with Crippen LogP contribution in [-0.4, -0.2) is 116 Å². The number of hydrogen-bond donors (Lipinski definition) is 1. The summed E-state index contributed by atoms with van der Waals surface area (Å²) in [5, 5.41) is 10.2. The zero-order valence-corrected chi connectivity index (χ0v) is 26.2. The summed E-state index contributed by atoms with van der Waals surface area (Å²) in [5.41, 5.74) is 2.58. The lowest BCUT2D eigenvalue weighted by Gasteiger charge is -2.69. The zero-order chi connectivity index (χ0) is 30.8. The number of hydrogen-bond acceptors (Lipinski definition) is 8. The van der Waals surface area contributed by atoms with Crippen LogP contribution in [0.5, 0.6) is 5.88 Å². The zero-order valence-electron chi connectivity index (χ0n) is 25.5. The molecule has 4 aromatic rings. The minimum Gasteiger partial charge on any atom is -0.480 e. The van der Waals surface area contributed by atoms with Crippen molar-refractivity contribution in [3.63, 3.8) is 0 Å². The summed E-state index contributed by atoms with van der Waals surface area (Å²) in [7, 11) is 18.6. The lowest BCUT2D eigenvalue weighted by atomic mass is 9.30. The Bertz CT molecular complexity index is 1670. The number of aliphatic hydroxyl groups excluding tert-OH is 1. The van der Waals surface area contributed by atoms with Crippen molar-refractivity contribution in [3.8, 4) is 17.1 Å². The third kappa shape index (κ3) is 4.74. The first-order valence-corrected chi connectivity index (χ1v) is 14.2. The van der Waals surface area contributed by atoms with E-state index in [-0.39, 0.29) is 38.4 Å². The molecule has 0 bridgehead atoms. The van der Waals surface area contributed by atoms with Crippen molar-refractivity contribution in [2.24, 2.45) is 0 Å². The highest BCUT2D eigenvalue weighted by molar-refractivity contribution is 6.61. The molecule has 1 N–H and O–H groups in total. The lowest BCUT2D eigenvalue weighted by molar-refractivity contribution is -0.0253. The summed E-state index contributed by atoms with van der Waals surface area (Å²) in [4.78, 5) is 19.7. The number of benzene rings is 2. The summed E-state index contributed by atoms with van der Waals surface area (Å²) < 4.78 is 27.4. The molecule has 18 heteroatoms. The standard InChI is InChI=1S/C24H29B8ClFN5O3/c1-41-20-18(35-4-5-36-20)19(40)12-7-13(15(34)8-14(12)33)17-11-3-2-10(6-16(11)37-9-38-17)39-21(25,26)23(29,30)42-24(31,32)22(39,27)28/h2-9,19,40H,25-32H2,1H3. The first-order valence-electron chi connectivity index (χ1n) is 13.8. The SMILES string of the molecule is BC1(B)OC(B)(B)C(B)(B)N(c2ccc3c(-c4cc(C(O)c5nccnc5OC)c(Cl)cc4F)ncnc3c2)C1(B)B. The molecule has 1 saturated heterocycles. The number of morpholine rings is 1. The minimum atomic E-state index is -1.31. The Balaban J connectivity index is 1.64. The van der Waals surface area contributed by atoms with Gasteiger partial charge in [0.15, 0.2) is 0 Å². The number of methoxy groups -OCH3 is 1. The van der Waals surface area contributed by atoms with Gasteiger partial charge in [0.2, 0.25) is 5.88 Å². The van der Waals surface area contributed by atoms with E-state index >= 15 is 4.39 Å². The van der Waals surface area contributed by atoms with Crippen LogP contribution in [0.2, 0.25) is 5.02 Å². The minimum absolute atomic E-state index is 0.0408. The molecule has 1 aliphatic rings. The van der Waals surface area contributed by atoms with E-state index in [0.29, 0.717) is 16.6 Å². The molecule has 2 aromatic carbocycles. The van der Waals surface area contributed by atoms with Gasteiger partial charge in [0.25, 0.3) is 0 Å². The van der Waals surface area contributed by atoms with Gasteiger partial charge in [-0.15, -0.1) is 0 Å². The fourth-order valence-corrected chi connectivity index (χ4v) is 6.21. The molecule has 2 aromatic heterocycles. The molecule has 1 atom stereocenters. The maximum absolute atomic E-state index is 15.5. The van der Waals surface area contributed by atoms with Gasteiger partial charge in [-0.25, -0.2) is 19.3 Å². The molecule has 8 nitrogen and oxygen atoms in total. The largest absolute Gasteiger partial charge is 0.480 e. The fraction of sp³-hybridized carbons (Fsp3) is 0.250. The molecule has 206 valence electrons. The van der Waals surface area contributed by atoms with Gasteiger partial charge in [-0.3, -0.25) is 4.98 Å². The quantitative estimate of drug-likeness (QED) is 0.238. The van der Waals surface area contributed by atoms with E-state index in [1.807, 2.05) is 18.2 Å². The topological polar surface area (TPSA) is 93.5 Å². The van der Waals surface area contributed by atoms with Gasteiger partial charge < -0.3 is 19.5 Å². The third-order valence-corrected chi connectivity index (χ3v) is 9.56. The Labute approximate surface area is 257 Å². The van der Waals surface area contributed by atoms with Crippen LogP contribution in [0.15, 0.2) is 49.1 Å². The summed E-state index contributed by atoms with van der Waals surface area (Å²) in [6.45, 7) is 0. The van der Waals surface area contributed by atoms with Crippen LogP contribution in [-0.2, 0) is 4.74 Å². The number of anilines is 1. The molecule has 1 unspecified atom stereocenters. The number of halogens is 2. The summed E-state index contributed by atoms with van der Waals surface area (Å²) in [6, 6.07) is 8.60. The second-order valence-corrected chi connectivity index (χ2v) is 13.1. The number of aliphatic hydroxyl groups is 1. The second-order valence-electron chi connectivity index (χ2n) is 12.7. The van der Waals surface area contributed by atoms with Crippen LogP contribution in [0.25, 0.3) is 22.2 Å². The molecule has 0 saturated carbocycles. The van der Waals surface area contributed by atoms with Crippen LogP contribution in [0.3, 0.4) is 0 Å². The molecule has 5 rings (SSSR count). The normalized spacial score (nSPS) is 19.3. The number of nitrogens with zero attached hydrogens (tertiary/aromatic N) is 5. The van der Waals surface area contributed by atoms with Gasteiger partial charge in [0, 0.05) is 50.4 Å². The number of rotatable bonds is 5. The van der Waals surface area contributed by atoms with Gasteiger partial charge in [0.05, 0.1) is 18.3 Å². The van der Waals surface area contributed by atoms with E-state index in [2.05, 4.69) is 87.6 Å². The molecular weight excluding hydrogens is 547 g/mol. The maximum Gasteiger partial charge on any atom is 0.238 e. The fourth-order valence-electron chi connectivity index (χ4n) is 5.95. The van der Waals surface area contributed by atoms with E-state index in [4.69, 9.17) is 21.1 Å². The van der Waals surface area contributed by atoms with Crippen molar-refractivity contribution in [3.05, 3.63) is 71.2 Å². The van der Waals surface area contributed by atoms with Crippen molar-refractivity contribution in [2.45, 2.75) is 27.6 Å². The number of aromatic nitrogens is 4. The highest BCUT2D eigenvalue weighted by Gasteiger charge is 2.58. The Morgan fingerprint density at radius 1 is 0.929 bits per heavy atom. The van der Waals surface area contributed by atoms with Gasteiger partial charge >= 0.3 is 0 Å². The molecule has 42 heavy (non-hydrogen) atoms. The van der Waals surface area contributed by atoms with Gasteiger partial charge in [-0.2, -0.15) is 0 Å². The number of fused-ring (bicyclic) bond motifs is 1. The molecule has 0 radical (unpaired) electrons. The Kier molecular flexibility index (Phi) is 7.56. The first-order chi connectivity index (χ1) is 19.5. The smallest absolute Gasteiger partial charge is 0.238 e. The molecule has 0 amide bonds. The molecule has 1 aliphatic heterocycles. The van der Waals surface area contributed by atoms with E-state index in [1.54, 1.807) is 0 Å². The molecule has 3 heterocycles. The molecular formula is C24H29B8ClFN5O3. The molecule has 0 spiro atoms. The third-order valence-electron chi connectivity index (χ3n) is 9.23. The maximum atomic E-state index is 15.5. The van der Waals surface area contributed by atoms with E-state index in [0.717, 1.165) is 5.69 Å². The Hall–Kier alpha value is -2.88. The monoisotopic (exact) mass is 577 g/mol. The van der Waals surface area contributed by atoms with Crippen molar-refractivity contribution < 1.29 is 19.0 Å². The first kappa shape index (κ1) is 30.6. The summed E-state index contributed by atoms with van der Waals surface area (Å²) >= 11 is 6.42. The van der Waals surface area contributed by atoms with Crippen LogP contribution < -0.4 is 9.64 Å². The number of ether oxygens (including phenoxy) is 2. The summed E-state index contributed by atoms with van der Waals surface area (Å²) in [5.74, 6) is -0.433. The van der Waals surface area contributed by atoms with Crippen molar-refractivity contribution in [1.82, 2.24) is 19.9 Å². The Morgan fingerprint density at radius 3 is 2.21 bits per heavy atom. The predicted octanol–water partition coefficient (Wildman–Crippen LogP) is -4.51. The molecule has 1 fully saturated rings. The second kappa shape index (κ2) is 10.4. The van der Waals surface area contributed by atoms with E-state index in [9.17, 15) is 5.11 Å². The van der Waals surface area contributed by atoms with Crippen LogP contribution in [0, 0.1) is 5.82 Å². The average molecular weight is 576 g/mol. The van der Waals surface area contributed by atoms with Crippen LogP contribution in [0.4, 0.5) is 10.1 Å². The lowest BCUT2D eigenvalue weighted by Crippen LogP contribution is -2.86. The van der Waals surface area contributed by atoms with Gasteiger partial charge in [-0.05, 0) is 41.0 Å². The predicted molar refractivity (Wildman–Crippen MR) is 185 cm³/mol. The van der Waals surface area contributed by atoms with E-state index in [1.165, 1.54) is 38.0 Å². The summed E-state index contributed by atoms with van der Waals surface area (Å²) in [6.07, 6.45) is 3.00. The molecule has 0 aliphatic carbocycles. The van der Waals surface area contributed by atoms with Crippen LogP contribution >= 0.6 is 11.6 Å². The van der Waals surface area contributed by atoms with Crippen LogP contribution in [0.1, 0.15) is 17.4 Å². The van der Waals surface area contributed by atoms with Crippen molar-refractivity contribution >= 4 is 91.0 Å². The highest BCUT2D eigenvalue weighted by atomic mass is 35.5. The van der Waals surface area contributed by atoms with Crippen molar-refractivity contribution in [1.29, 1.82) is 0 Å². The van der Waals surface area contributed by atoms with Gasteiger partial charge in [0.1, 0.15) is 86.7 Å². The Morgan fingerprint density at radius 2 is 1.57 bits per heavy atom. The van der Waals surface area contributed by atoms with Gasteiger partial charge in [-0.1, -0.05) is 11.6 Å².